The van der Waals surface area contributed by atoms with Crippen molar-refractivity contribution >= 4 is 34.4 Å². The lowest BCUT2D eigenvalue weighted by Crippen LogP contribution is -1.74. The predicted octanol–water partition coefficient (Wildman–Crippen LogP) is 2.57. The summed E-state index contributed by atoms with van der Waals surface area (Å²) in [5, 5.41) is 1.10. The van der Waals surface area contributed by atoms with Crippen LogP contribution in [0.3, 0.4) is 0 Å². The molecule has 0 saturated heterocycles. The molecule has 0 aliphatic carbocycles. The lowest BCUT2D eigenvalue weighted by Gasteiger charge is -1.91. The summed E-state index contributed by atoms with van der Waals surface area (Å²) in [4.78, 5) is 4.13. The molecule has 1 aromatic rings. The molecule has 48 valence electrons. The van der Waals surface area contributed by atoms with Crippen molar-refractivity contribution in [1.82, 2.24) is 4.98 Å². The highest BCUT2D eigenvalue weighted by molar-refractivity contribution is 14.1. The van der Waals surface area contributed by atoms with Crippen LogP contribution in [0.15, 0.2) is 29.4 Å². The van der Waals surface area contributed by atoms with E-state index < -0.39 is 0 Å². The molecule has 0 fully saturated rings. The predicted molar refractivity (Wildman–Crippen MR) is 49.0 cm³/mol. The molecule has 1 nitrogen and oxygen atoms in total. The van der Waals surface area contributed by atoms with Crippen molar-refractivity contribution in [2.45, 2.75) is 5.03 Å². The molecule has 1 aromatic heterocycles. The second-order valence-corrected chi connectivity index (χ2v) is 4.22. The second-order valence-electron chi connectivity index (χ2n) is 1.42. The lowest BCUT2D eigenvalue weighted by molar-refractivity contribution is 1.14. The first-order valence-electron chi connectivity index (χ1n) is 2.53. The lowest BCUT2D eigenvalue weighted by atomic mass is 10.5. The molecule has 0 unspecified atom stereocenters. The van der Waals surface area contributed by atoms with Crippen molar-refractivity contribution in [2.24, 2.45) is 0 Å². The topological polar surface area (TPSA) is 12.9 Å². The van der Waals surface area contributed by atoms with Crippen molar-refractivity contribution in [2.75, 3.05) is 3.76 Å². The molecule has 9 heavy (non-hydrogen) atoms. The van der Waals surface area contributed by atoms with Gasteiger partial charge in [0.2, 0.25) is 0 Å². The first-order valence-corrected chi connectivity index (χ1v) is 5.04. The largest absolute Gasteiger partial charge is 0.250 e. The second kappa shape index (κ2) is 4.11. The van der Waals surface area contributed by atoms with E-state index in [9.17, 15) is 0 Å². The van der Waals surface area contributed by atoms with Gasteiger partial charge in [0.1, 0.15) is 0 Å². The summed E-state index contributed by atoms with van der Waals surface area (Å²) >= 11 is 4.06. The first-order chi connectivity index (χ1) is 4.43. The minimum atomic E-state index is 1.06. The molecular formula is C6H6INS. The third-order valence-corrected chi connectivity index (χ3v) is 2.42. The average Bonchev–Trinajstić information content (AvgIpc) is 1.91. The van der Waals surface area contributed by atoms with E-state index in [0.29, 0.717) is 0 Å². The van der Waals surface area contributed by atoms with E-state index >= 15 is 0 Å². The van der Waals surface area contributed by atoms with Gasteiger partial charge in [0.25, 0.3) is 0 Å². The Labute approximate surface area is 72.4 Å². The highest BCUT2D eigenvalue weighted by atomic mass is 127. The Morgan fingerprint density at radius 3 is 3.00 bits per heavy atom. The molecule has 0 aromatic carbocycles. The normalized spacial score (nSPS) is 9.44. The number of alkyl halides is 1. The van der Waals surface area contributed by atoms with E-state index in [-0.39, 0.29) is 0 Å². The molecule has 0 aliphatic heterocycles. The minimum absolute atomic E-state index is 1.06. The number of hydrogen-bond donors (Lipinski definition) is 0. The number of thioether (sulfide) groups is 1. The van der Waals surface area contributed by atoms with Gasteiger partial charge < -0.3 is 0 Å². The van der Waals surface area contributed by atoms with E-state index in [0.717, 1.165) is 8.79 Å². The van der Waals surface area contributed by atoms with Crippen LogP contribution in [-0.4, -0.2) is 8.74 Å². The molecule has 0 amide bonds. The Morgan fingerprint density at radius 1 is 1.56 bits per heavy atom. The molecule has 3 heteroatoms. The van der Waals surface area contributed by atoms with Crippen LogP contribution < -0.4 is 0 Å². The van der Waals surface area contributed by atoms with Crippen molar-refractivity contribution in [1.29, 1.82) is 0 Å². The Morgan fingerprint density at radius 2 is 2.44 bits per heavy atom. The summed E-state index contributed by atoms with van der Waals surface area (Å²) in [6, 6.07) is 5.95. The van der Waals surface area contributed by atoms with Gasteiger partial charge in [-0.2, -0.15) is 0 Å². The molecule has 1 rings (SSSR count). The highest BCUT2D eigenvalue weighted by Crippen LogP contribution is 2.15. The monoisotopic (exact) mass is 251 g/mol. The Bertz CT molecular complexity index is 166. The van der Waals surface area contributed by atoms with Crippen LogP contribution in [0, 0.1) is 0 Å². The van der Waals surface area contributed by atoms with Gasteiger partial charge in [0.05, 0.1) is 8.79 Å². The van der Waals surface area contributed by atoms with E-state index in [1.807, 2.05) is 24.4 Å². The van der Waals surface area contributed by atoms with Crippen LogP contribution >= 0.6 is 34.4 Å². The highest BCUT2D eigenvalue weighted by Gasteiger charge is 1.87. The number of rotatable bonds is 2. The van der Waals surface area contributed by atoms with E-state index in [4.69, 9.17) is 0 Å². The van der Waals surface area contributed by atoms with Crippen LogP contribution in [-0.2, 0) is 0 Å². The van der Waals surface area contributed by atoms with Crippen molar-refractivity contribution in [3.8, 4) is 0 Å². The zero-order valence-corrected chi connectivity index (χ0v) is 7.72. The smallest absolute Gasteiger partial charge is 0.0967 e. The zero-order chi connectivity index (χ0) is 6.53. The number of aromatic nitrogens is 1. The SMILES string of the molecule is ICSc1ccccn1. The summed E-state index contributed by atoms with van der Waals surface area (Å²) < 4.78 is 1.06. The maximum Gasteiger partial charge on any atom is 0.0967 e. The maximum absolute atomic E-state index is 4.13. The van der Waals surface area contributed by atoms with Gasteiger partial charge in [-0.25, -0.2) is 4.98 Å². The fourth-order valence-electron chi connectivity index (χ4n) is 0.488. The van der Waals surface area contributed by atoms with Crippen molar-refractivity contribution in [3.63, 3.8) is 0 Å². The third kappa shape index (κ3) is 2.53. The molecule has 0 radical (unpaired) electrons. The van der Waals surface area contributed by atoms with Crippen LogP contribution in [0.2, 0.25) is 0 Å². The maximum atomic E-state index is 4.13. The molecule has 0 spiro atoms. The third-order valence-electron chi connectivity index (χ3n) is 0.840. The quantitative estimate of drug-likeness (QED) is 0.455. The number of nitrogens with zero attached hydrogens (tertiary/aromatic N) is 1. The van der Waals surface area contributed by atoms with Gasteiger partial charge in [-0.1, -0.05) is 40.4 Å². The molecule has 0 aliphatic rings. The minimum Gasteiger partial charge on any atom is -0.250 e. The molecular weight excluding hydrogens is 245 g/mol. The molecule has 0 atom stereocenters. The van der Waals surface area contributed by atoms with Crippen LogP contribution in [0.5, 0.6) is 0 Å². The summed E-state index contributed by atoms with van der Waals surface area (Å²) in [7, 11) is 0. The summed E-state index contributed by atoms with van der Waals surface area (Å²) in [6.45, 7) is 0. The van der Waals surface area contributed by atoms with Crippen molar-refractivity contribution < 1.29 is 0 Å². The number of halogens is 1. The summed E-state index contributed by atoms with van der Waals surface area (Å²) in [6.07, 6.45) is 1.81. The summed E-state index contributed by atoms with van der Waals surface area (Å²) in [5.74, 6) is 0. The summed E-state index contributed by atoms with van der Waals surface area (Å²) in [5.41, 5.74) is 0. The van der Waals surface area contributed by atoms with Gasteiger partial charge >= 0.3 is 0 Å². The number of pyridine rings is 1. The molecule has 0 bridgehead atoms. The van der Waals surface area contributed by atoms with E-state index in [1.165, 1.54) is 0 Å². The zero-order valence-electron chi connectivity index (χ0n) is 4.75. The van der Waals surface area contributed by atoms with E-state index in [2.05, 4.69) is 27.6 Å². The fraction of sp³-hybridized carbons (Fsp3) is 0.167. The first kappa shape index (κ1) is 7.34. The van der Waals surface area contributed by atoms with Gasteiger partial charge in [-0.05, 0) is 12.1 Å². The average molecular weight is 251 g/mol. The fourth-order valence-corrected chi connectivity index (χ4v) is 1.87. The van der Waals surface area contributed by atoms with Gasteiger partial charge in [-0.15, -0.1) is 0 Å². The molecule has 0 N–H and O–H groups in total. The van der Waals surface area contributed by atoms with Crippen LogP contribution in [0.25, 0.3) is 0 Å². The van der Waals surface area contributed by atoms with Crippen LogP contribution in [0.4, 0.5) is 0 Å². The van der Waals surface area contributed by atoms with Gasteiger partial charge in [0, 0.05) is 6.20 Å². The number of hydrogen-bond acceptors (Lipinski definition) is 2. The molecule has 0 saturated carbocycles. The van der Waals surface area contributed by atoms with Crippen molar-refractivity contribution in [3.05, 3.63) is 24.4 Å². The Balaban J connectivity index is 2.61. The Kier molecular flexibility index (Phi) is 3.35. The molecule has 1 heterocycles. The van der Waals surface area contributed by atoms with Crippen LogP contribution in [0.1, 0.15) is 0 Å². The standard InChI is InChI=1S/C6H6INS/c7-5-9-6-3-1-2-4-8-6/h1-4H,5H2. The van der Waals surface area contributed by atoms with Gasteiger partial charge in [0.15, 0.2) is 0 Å². The van der Waals surface area contributed by atoms with E-state index in [1.54, 1.807) is 11.8 Å². The Hall–Kier alpha value is 0.230. The van der Waals surface area contributed by atoms with Gasteiger partial charge in [-0.3, -0.25) is 0 Å².